The molecule has 0 radical (unpaired) electrons. The molecule has 39 heavy (non-hydrogen) atoms. The van der Waals surface area contributed by atoms with Crippen LogP contribution >= 0.6 is 45.2 Å². The van der Waals surface area contributed by atoms with Crippen LogP contribution in [0.4, 0.5) is 5.69 Å². The molecule has 3 aromatic rings. The average molecular weight is 755 g/mol. The van der Waals surface area contributed by atoms with Gasteiger partial charge in [-0.1, -0.05) is 25.5 Å². The third kappa shape index (κ3) is 6.72. The van der Waals surface area contributed by atoms with Crippen molar-refractivity contribution in [3.63, 3.8) is 0 Å². The third-order valence-electron chi connectivity index (χ3n) is 6.25. The second-order valence-electron chi connectivity index (χ2n) is 8.99. The van der Waals surface area contributed by atoms with E-state index in [-0.39, 0.29) is 11.7 Å². The number of aliphatic carboxylic acids is 1. The van der Waals surface area contributed by atoms with Crippen molar-refractivity contribution in [1.29, 1.82) is 0 Å². The topological polar surface area (TPSA) is 115 Å². The molecule has 0 bridgehead atoms. The van der Waals surface area contributed by atoms with Gasteiger partial charge in [0, 0.05) is 26.6 Å². The number of allylic oxidation sites excluding steroid dienone is 2. The number of unbranched alkanes of at least 4 members (excludes halogenated alkanes) is 1. The summed E-state index contributed by atoms with van der Waals surface area (Å²) in [5, 5.41) is 12.5. The number of methoxy groups -OCH3 is 1. The maximum Gasteiger partial charge on any atom is 0.329 e. The number of hydrogen-bond donors (Lipinski definition) is 2. The Hall–Kier alpha value is -2.71. The van der Waals surface area contributed by atoms with Crippen LogP contribution in [0.3, 0.4) is 0 Å². The number of aryl methyl sites for hydroxylation is 1. The molecule has 1 heterocycles. The van der Waals surface area contributed by atoms with Crippen LogP contribution in [0.25, 0.3) is 11.0 Å². The molecular formula is C29H27I2NO7. The minimum Gasteiger partial charge on any atom is -0.497 e. The van der Waals surface area contributed by atoms with Gasteiger partial charge in [0.15, 0.2) is 9.39 Å². The molecule has 2 aromatic carbocycles. The number of carboxylic acids is 1. The zero-order chi connectivity index (χ0) is 28.2. The number of amides is 1. The SMILES string of the molecule is CCCCc1oc2ccc(NC(=O)c3ccc(OC)cc3)cc2c1C(=O)C1C=CC(I)(OCC(=O)O)C(I)=C1. The van der Waals surface area contributed by atoms with Crippen LogP contribution in [0.2, 0.25) is 0 Å². The largest absolute Gasteiger partial charge is 0.497 e. The first kappa shape index (κ1) is 29.3. The lowest BCUT2D eigenvalue weighted by atomic mass is 9.90. The number of rotatable bonds is 11. The molecule has 2 N–H and O–H groups in total. The molecule has 2 unspecified atom stereocenters. The van der Waals surface area contributed by atoms with Gasteiger partial charge < -0.3 is 24.3 Å². The number of hydrogen-bond acceptors (Lipinski definition) is 6. The van der Waals surface area contributed by atoms with E-state index in [4.69, 9.17) is 19.0 Å². The van der Waals surface area contributed by atoms with E-state index in [1.165, 1.54) is 0 Å². The van der Waals surface area contributed by atoms with E-state index >= 15 is 0 Å². The summed E-state index contributed by atoms with van der Waals surface area (Å²) in [5.41, 5.74) is 2.07. The Kier molecular flexibility index (Phi) is 9.49. The Balaban J connectivity index is 1.65. The van der Waals surface area contributed by atoms with Gasteiger partial charge in [-0.3, -0.25) is 9.59 Å². The van der Waals surface area contributed by atoms with Gasteiger partial charge in [0.1, 0.15) is 23.7 Å². The maximum atomic E-state index is 13.9. The van der Waals surface area contributed by atoms with Crippen molar-refractivity contribution in [3.05, 3.63) is 81.2 Å². The van der Waals surface area contributed by atoms with Crippen LogP contribution in [-0.2, 0) is 16.0 Å². The summed E-state index contributed by atoms with van der Waals surface area (Å²) in [6.07, 6.45) is 7.64. The Morgan fingerprint density at radius 2 is 1.90 bits per heavy atom. The van der Waals surface area contributed by atoms with Crippen molar-refractivity contribution in [2.75, 3.05) is 19.0 Å². The number of furan rings is 1. The second kappa shape index (κ2) is 12.6. The van der Waals surface area contributed by atoms with Crippen molar-refractivity contribution in [3.8, 4) is 5.75 Å². The summed E-state index contributed by atoms with van der Waals surface area (Å²) >= 11 is 4.11. The highest BCUT2D eigenvalue weighted by molar-refractivity contribution is 14.1. The molecule has 204 valence electrons. The number of fused-ring (bicyclic) bond motifs is 1. The van der Waals surface area contributed by atoms with E-state index in [0.29, 0.717) is 49.3 Å². The van der Waals surface area contributed by atoms with Crippen LogP contribution in [-0.4, -0.2) is 40.1 Å². The molecule has 1 aliphatic carbocycles. The molecule has 1 amide bonds. The number of carbonyl (C=O) groups is 3. The Bertz CT molecular complexity index is 1460. The van der Waals surface area contributed by atoms with Crippen molar-refractivity contribution in [2.45, 2.75) is 29.8 Å². The quantitative estimate of drug-likeness (QED) is 0.0942. The van der Waals surface area contributed by atoms with E-state index in [9.17, 15) is 14.4 Å². The number of carbonyl (C=O) groups excluding carboxylic acids is 2. The number of carboxylic acid groups (broad SMARTS) is 1. The summed E-state index contributed by atoms with van der Waals surface area (Å²) < 4.78 is 16.6. The number of Topliss-reactive ketones (excluding diaryl/α,β-unsaturated/α-hetero) is 1. The Morgan fingerprint density at radius 3 is 2.54 bits per heavy atom. The van der Waals surface area contributed by atoms with Gasteiger partial charge in [-0.2, -0.15) is 0 Å². The molecule has 8 nitrogen and oxygen atoms in total. The first-order valence-electron chi connectivity index (χ1n) is 12.3. The van der Waals surface area contributed by atoms with E-state index in [2.05, 4.69) is 34.8 Å². The number of nitrogens with one attached hydrogen (secondary N) is 1. The van der Waals surface area contributed by atoms with Crippen molar-refractivity contribution in [1.82, 2.24) is 0 Å². The highest BCUT2D eigenvalue weighted by atomic mass is 127. The Morgan fingerprint density at radius 1 is 1.15 bits per heavy atom. The molecule has 0 saturated heterocycles. The highest BCUT2D eigenvalue weighted by Gasteiger charge is 2.35. The van der Waals surface area contributed by atoms with Gasteiger partial charge in [-0.15, -0.1) is 0 Å². The Labute approximate surface area is 253 Å². The molecule has 0 fully saturated rings. The second-order valence-corrected chi connectivity index (χ2v) is 11.8. The lowest BCUT2D eigenvalue weighted by Gasteiger charge is -2.28. The molecule has 0 aliphatic heterocycles. The van der Waals surface area contributed by atoms with Gasteiger partial charge in [-0.25, -0.2) is 4.79 Å². The summed E-state index contributed by atoms with van der Waals surface area (Å²) in [6.45, 7) is 1.62. The summed E-state index contributed by atoms with van der Waals surface area (Å²) in [4.78, 5) is 37.7. The first-order chi connectivity index (χ1) is 18.6. The van der Waals surface area contributed by atoms with E-state index < -0.39 is 22.1 Å². The maximum absolute atomic E-state index is 13.9. The van der Waals surface area contributed by atoms with Crippen LogP contribution in [0, 0.1) is 5.92 Å². The molecule has 2 atom stereocenters. The number of ether oxygens (including phenoxy) is 2. The standard InChI is InChI=1S/C29H27I2NO7/c1-3-4-5-23-26(27(35)18-12-13-29(31,24(30)14-18)38-16-25(33)34)21-15-19(8-11-22(21)39-23)32-28(36)17-6-9-20(37-2)10-7-17/h6-15,18H,3-5,16H2,1-2H3,(H,32,36)(H,33,34). The molecular weight excluding hydrogens is 728 g/mol. The number of alkyl halides is 1. The summed E-state index contributed by atoms with van der Waals surface area (Å²) in [6, 6.07) is 12.1. The number of anilines is 1. The van der Waals surface area contributed by atoms with Crippen molar-refractivity contribution >= 4 is 79.5 Å². The zero-order valence-electron chi connectivity index (χ0n) is 21.3. The summed E-state index contributed by atoms with van der Waals surface area (Å²) in [7, 11) is 1.56. The van der Waals surface area contributed by atoms with Crippen molar-refractivity contribution in [2.24, 2.45) is 5.92 Å². The molecule has 4 rings (SSSR count). The number of benzene rings is 2. The fraction of sp³-hybridized carbons (Fsp3) is 0.276. The lowest BCUT2D eigenvalue weighted by Crippen LogP contribution is -2.29. The monoisotopic (exact) mass is 755 g/mol. The molecule has 1 aromatic heterocycles. The normalized spacial score (nSPS) is 18.6. The third-order valence-corrected chi connectivity index (χ3v) is 9.70. The average Bonchev–Trinajstić information content (AvgIpc) is 3.29. The summed E-state index contributed by atoms with van der Waals surface area (Å²) in [5.74, 6) is -0.801. The van der Waals surface area contributed by atoms with E-state index in [0.717, 1.165) is 12.8 Å². The minimum absolute atomic E-state index is 0.138. The molecule has 0 spiro atoms. The van der Waals surface area contributed by atoms with Crippen LogP contribution in [0.1, 0.15) is 46.2 Å². The van der Waals surface area contributed by atoms with Gasteiger partial charge in [0.05, 0.1) is 18.6 Å². The van der Waals surface area contributed by atoms with Gasteiger partial charge in [-0.05, 0) is 100 Å². The number of halogens is 2. The van der Waals surface area contributed by atoms with Gasteiger partial charge >= 0.3 is 5.97 Å². The van der Waals surface area contributed by atoms with Gasteiger partial charge in [0.25, 0.3) is 5.91 Å². The van der Waals surface area contributed by atoms with E-state index in [1.54, 1.807) is 67.8 Å². The fourth-order valence-corrected chi connectivity index (χ4v) is 5.47. The first-order valence-corrected chi connectivity index (χ1v) is 14.5. The minimum atomic E-state index is -1.07. The predicted molar refractivity (Wildman–Crippen MR) is 165 cm³/mol. The van der Waals surface area contributed by atoms with Crippen LogP contribution in [0.5, 0.6) is 5.75 Å². The molecule has 10 heteroatoms. The zero-order valence-corrected chi connectivity index (χ0v) is 25.6. The van der Waals surface area contributed by atoms with Gasteiger partial charge in [0.2, 0.25) is 0 Å². The lowest BCUT2D eigenvalue weighted by molar-refractivity contribution is -0.143. The fourth-order valence-electron chi connectivity index (χ4n) is 4.20. The number of ketones is 1. The van der Waals surface area contributed by atoms with Crippen LogP contribution in [0.15, 0.2) is 68.7 Å². The highest BCUT2D eigenvalue weighted by Crippen LogP contribution is 2.41. The molecule has 0 saturated carbocycles. The smallest absolute Gasteiger partial charge is 0.329 e. The van der Waals surface area contributed by atoms with Crippen molar-refractivity contribution < 1.29 is 33.4 Å². The molecule has 1 aliphatic rings. The van der Waals surface area contributed by atoms with Crippen LogP contribution < -0.4 is 10.1 Å². The van der Waals surface area contributed by atoms with E-state index in [1.807, 2.05) is 22.6 Å². The predicted octanol–water partition coefficient (Wildman–Crippen LogP) is 6.96.